The first-order chi connectivity index (χ1) is 20.2. The zero-order chi connectivity index (χ0) is 32.2. The molecule has 0 aliphatic heterocycles. The second-order valence-corrected chi connectivity index (χ2v) is 12.3. The van der Waals surface area contributed by atoms with E-state index in [0.29, 0.717) is 22.7 Å². The van der Waals surface area contributed by atoms with Crippen molar-refractivity contribution in [2.45, 2.75) is 104 Å². The van der Waals surface area contributed by atoms with Crippen LogP contribution in [0.2, 0.25) is 5.02 Å². The lowest BCUT2D eigenvalue weighted by Crippen LogP contribution is -2.53. The fourth-order valence-corrected chi connectivity index (χ4v) is 5.01. The van der Waals surface area contributed by atoms with Crippen LogP contribution in [0.3, 0.4) is 0 Å². The molecule has 0 saturated carbocycles. The van der Waals surface area contributed by atoms with Crippen LogP contribution in [-0.2, 0) is 19.1 Å². The minimum Gasteiger partial charge on any atom is -0.444 e. The molecular weight excluding hydrogens is 568 g/mol. The third kappa shape index (κ3) is 11.9. The summed E-state index contributed by atoms with van der Waals surface area (Å²) in [5, 5.41) is 5.96. The number of carbonyl (C=O) groups is 4. The highest BCUT2D eigenvalue weighted by Gasteiger charge is 2.36. The molecule has 2 atom stereocenters. The molecular formula is C33H47ClN4O5. The van der Waals surface area contributed by atoms with Crippen LogP contribution in [0, 0.1) is 13.8 Å². The predicted molar refractivity (Wildman–Crippen MR) is 171 cm³/mol. The van der Waals surface area contributed by atoms with Crippen LogP contribution in [0.15, 0.2) is 42.5 Å². The standard InChI is InChI=1S/C33H47ClN4O5/c1-7-8-9-10-11-20-38(31(41)26(18-19-27(35)39)36-32(42)43-33(4,5)6)29(24-16-12-14-22(2)21-24)30(40)37-28-23(3)15-13-17-25(28)34/h12-17,21,26,29H,7-11,18-20H2,1-6H3,(H2,35,39)(H,36,42)(H,37,40). The van der Waals surface area contributed by atoms with Gasteiger partial charge in [0.05, 0.1) is 10.7 Å². The molecule has 43 heavy (non-hydrogen) atoms. The normalized spacial score (nSPS) is 12.6. The van der Waals surface area contributed by atoms with Crippen molar-refractivity contribution in [2.75, 3.05) is 11.9 Å². The summed E-state index contributed by atoms with van der Waals surface area (Å²) >= 11 is 6.45. The number of nitrogens with zero attached hydrogens (tertiary/aromatic N) is 1. The number of ether oxygens (including phenoxy) is 1. The number of aryl methyl sites for hydroxylation is 2. The number of carbonyl (C=O) groups excluding carboxylic acids is 4. The molecule has 0 heterocycles. The summed E-state index contributed by atoms with van der Waals surface area (Å²) in [7, 11) is 0. The van der Waals surface area contributed by atoms with Gasteiger partial charge < -0.3 is 26.0 Å². The number of para-hydroxylation sites is 1. The highest BCUT2D eigenvalue weighted by molar-refractivity contribution is 6.34. The van der Waals surface area contributed by atoms with Gasteiger partial charge in [-0.05, 0) is 64.7 Å². The van der Waals surface area contributed by atoms with E-state index in [2.05, 4.69) is 17.6 Å². The molecule has 2 rings (SSSR count). The molecule has 0 bridgehead atoms. The van der Waals surface area contributed by atoms with Gasteiger partial charge in [-0.25, -0.2) is 4.79 Å². The number of nitrogens with one attached hydrogen (secondary N) is 2. The van der Waals surface area contributed by atoms with Crippen LogP contribution < -0.4 is 16.4 Å². The Bertz CT molecular complexity index is 1240. The summed E-state index contributed by atoms with van der Waals surface area (Å²) in [5.74, 6) is -1.58. The molecule has 0 radical (unpaired) electrons. The van der Waals surface area contributed by atoms with Gasteiger partial charge in [-0.2, -0.15) is 0 Å². The highest BCUT2D eigenvalue weighted by atomic mass is 35.5. The van der Waals surface area contributed by atoms with Crippen LogP contribution >= 0.6 is 11.6 Å². The number of halogens is 1. The summed E-state index contributed by atoms with van der Waals surface area (Å²) in [5.41, 5.74) is 7.36. The molecule has 0 aromatic heterocycles. The lowest BCUT2D eigenvalue weighted by Gasteiger charge is -2.35. The maximum atomic E-state index is 14.4. The molecule has 2 aromatic carbocycles. The van der Waals surface area contributed by atoms with Crippen molar-refractivity contribution in [3.05, 3.63) is 64.2 Å². The number of benzene rings is 2. The lowest BCUT2D eigenvalue weighted by molar-refractivity contribution is -0.141. The lowest BCUT2D eigenvalue weighted by atomic mass is 9.99. The van der Waals surface area contributed by atoms with E-state index in [-0.39, 0.29) is 19.4 Å². The van der Waals surface area contributed by atoms with E-state index in [0.717, 1.165) is 36.8 Å². The number of anilines is 1. The number of unbranched alkanes of at least 4 members (excludes halogenated alkanes) is 4. The average molecular weight is 615 g/mol. The van der Waals surface area contributed by atoms with Gasteiger partial charge in [0.25, 0.3) is 5.91 Å². The van der Waals surface area contributed by atoms with E-state index in [1.165, 1.54) is 4.90 Å². The van der Waals surface area contributed by atoms with Crippen molar-refractivity contribution >= 4 is 41.1 Å². The van der Waals surface area contributed by atoms with Gasteiger partial charge in [0, 0.05) is 13.0 Å². The van der Waals surface area contributed by atoms with Crippen molar-refractivity contribution in [3.8, 4) is 0 Å². The monoisotopic (exact) mass is 614 g/mol. The number of hydrogen-bond donors (Lipinski definition) is 3. The molecule has 0 aliphatic rings. The molecule has 10 heteroatoms. The Balaban J connectivity index is 2.58. The Labute approximate surface area is 260 Å². The maximum absolute atomic E-state index is 14.4. The van der Waals surface area contributed by atoms with Crippen molar-refractivity contribution in [2.24, 2.45) is 5.73 Å². The van der Waals surface area contributed by atoms with Crippen LogP contribution in [0.4, 0.5) is 10.5 Å². The van der Waals surface area contributed by atoms with Gasteiger partial charge in [-0.15, -0.1) is 0 Å². The summed E-state index contributed by atoms with van der Waals surface area (Å²) < 4.78 is 5.41. The highest BCUT2D eigenvalue weighted by Crippen LogP contribution is 2.30. The average Bonchev–Trinajstić information content (AvgIpc) is 2.90. The first-order valence-electron chi connectivity index (χ1n) is 14.9. The topological polar surface area (TPSA) is 131 Å². The molecule has 2 unspecified atom stereocenters. The van der Waals surface area contributed by atoms with Crippen LogP contribution in [-0.4, -0.2) is 46.9 Å². The number of nitrogens with two attached hydrogens (primary N) is 1. The predicted octanol–water partition coefficient (Wildman–Crippen LogP) is 6.59. The number of alkyl carbamates (subject to hydrolysis) is 1. The minimum atomic E-state index is -1.15. The fraction of sp³-hybridized carbons (Fsp3) is 0.515. The van der Waals surface area contributed by atoms with E-state index in [4.69, 9.17) is 22.1 Å². The van der Waals surface area contributed by atoms with Crippen LogP contribution in [0.25, 0.3) is 0 Å². The van der Waals surface area contributed by atoms with Gasteiger partial charge in [0.15, 0.2) is 0 Å². The Kier molecular flexibility index (Phi) is 14.0. The largest absolute Gasteiger partial charge is 0.444 e. The summed E-state index contributed by atoms with van der Waals surface area (Å²) in [4.78, 5) is 54.5. The molecule has 0 saturated heterocycles. The molecule has 0 aliphatic carbocycles. The third-order valence-electron chi connectivity index (χ3n) is 6.84. The van der Waals surface area contributed by atoms with E-state index in [1.807, 2.05) is 38.1 Å². The van der Waals surface area contributed by atoms with E-state index < -0.39 is 41.5 Å². The molecule has 0 fully saturated rings. The smallest absolute Gasteiger partial charge is 0.408 e. The molecule has 236 valence electrons. The second-order valence-electron chi connectivity index (χ2n) is 11.9. The van der Waals surface area contributed by atoms with Gasteiger partial charge >= 0.3 is 6.09 Å². The SMILES string of the molecule is CCCCCCCN(C(=O)C(CCC(N)=O)NC(=O)OC(C)(C)C)C(C(=O)Nc1c(C)cccc1Cl)c1cccc(C)c1. The van der Waals surface area contributed by atoms with E-state index in [1.54, 1.807) is 39.0 Å². The molecule has 0 spiro atoms. The van der Waals surface area contributed by atoms with Gasteiger partial charge in [0.2, 0.25) is 11.8 Å². The minimum absolute atomic E-state index is 0.0501. The molecule has 4 amide bonds. The number of rotatable bonds is 15. The first kappa shape index (κ1) is 35.6. The quantitative estimate of drug-likeness (QED) is 0.195. The Morgan fingerprint density at radius 1 is 1.00 bits per heavy atom. The maximum Gasteiger partial charge on any atom is 0.408 e. The fourth-order valence-electron chi connectivity index (χ4n) is 4.74. The first-order valence-corrected chi connectivity index (χ1v) is 15.3. The van der Waals surface area contributed by atoms with Crippen molar-refractivity contribution in [3.63, 3.8) is 0 Å². The van der Waals surface area contributed by atoms with Gasteiger partial charge in [-0.1, -0.05) is 86.2 Å². The van der Waals surface area contributed by atoms with Crippen LogP contribution in [0.1, 0.15) is 95.4 Å². The molecule has 2 aromatic rings. The zero-order valence-electron chi connectivity index (χ0n) is 26.3. The number of hydrogen-bond acceptors (Lipinski definition) is 5. The Morgan fingerprint density at radius 2 is 1.67 bits per heavy atom. The zero-order valence-corrected chi connectivity index (χ0v) is 27.1. The third-order valence-corrected chi connectivity index (χ3v) is 7.16. The van der Waals surface area contributed by atoms with Crippen molar-refractivity contribution < 1.29 is 23.9 Å². The Hall–Kier alpha value is -3.59. The van der Waals surface area contributed by atoms with E-state index in [9.17, 15) is 19.2 Å². The number of amides is 4. The van der Waals surface area contributed by atoms with Crippen LogP contribution in [0.5, 0.6) is 0 Å². The second kappa shape index (κ2) is 16.9. The summed E-state index contributed by atoms with van der Waals surface area (Å²) in [6, 6.07) is 10.5. The van der Waals surface area contributed by atoms with E-state index >= 15 is 0 Å². The van der Waals surface area contributed by atoms with Crippen molar-refractivity contribution in [1.82, 2.24) is 10.2 Å². The van der Waals surface area contributed by atoms with Crippen molar-refractivity contribution in [1.29, 1.82) is 0 Å². The van der Waals surface area contributed by atoms with Gasteiger partial charge in [-0.3, -0.25) is 14.4 Å². The van der Waals surface area contributed by atoms with Gasteiger partial charge in [0.1, 0.15) is 17.7 Å². The number of primary amides is 1. The summed E-state index contributed by atoms with van der Waals surface area (Å²) in [6.07, 6.45) is 3.60. The molecule has 4 N–H and O–H groups in total. The molecule has 9 nitrogen and oxygen atoms in total. The summed E-state index contributed by atoms with van der Waals surface area (Å²) in [6.45, 7) is 11.3. The Morgan fingerprint density at radius 3 is 2.28 bits per heavy atom.